The standard InChI is InChI=1S/C20H25ClN4O3S/c1-11-17(9-26)29-20(23-11)18(14-4-2-3-7-22-14)25-19(27)15-10-28-16-8-12(21)5-6-13(16)24-15/h5-6,8,14-15,18,22,24,26H,2-4,7,9-10H2,1H3,(H,25,27). The van der Waals surface area contributed by atoms with Crippen LogP contribution >= 0.6 is 22.9 Å². The van der Waals surface area contributed by atoms with Crippen LogP contribution in [0.15, 0.2) is 18.2 Å². The Labute approximate surface area is 178 Å². The van der Waals surface area contributed by atoms with Gasteiger partial charge in [-0.15, -0.1) is 11.3 Å². The number of nitrogens with one attached hydrogen (secondary N) is 3. The Morgan fingerprint density at radius 2 is 2.34 bits per heavy atom. The van der Waals surface area contributed by atoms with E-state index < -0.39 is 6.04 Å². The minimum Gasteiger partial charge on any atom is -0.489 e. The number of benzene rings is 1. The van der Waals surface area contributed by atoms with Gasteiger partial charge in [0.2, 0.25) is 5.91 Å². The molecule has 156 valence electrons. The van der Waals surface area contributed by atoms with Crippen molar-refractivity contribution in [3.8, 4) is 5.75 Å². The molecule has 0 bridgehead atoms. The Kier molecular flexibility index (Phi) is 6.24. The molecule has 4 rings (SSSR count). The number of aliphatic hydroxyl groups is 1. The molecule has 3 atom stereocenters. The fourth-order valence-electron chi connectivity index (χ4n) is 3.76. The molecule has 0 radical (unpaired) electrons. The lowest BCUT2D eigenvalue weighted by molar-refractivity contribution is -0.123. The smallest absolute Gasteiger partial charge is 0.246 e. The van der Waals surface area contributed by atoms with Crippen molar-refractivity contribution in [3.05, 3.63) is 38.8 Å². The summed E-state index contributed by atoms with van der Waals surface area (Å²) in [5, 5.41) is 20.9. The first-order valence-electron chi connectivity index (χ1n) is 9.85. The Balaban J connectivity index is 1.52. The monoisotopic (exact) mass is 436 g/mol. The molecule has 9 heteroatoms. The van der Waals surface area contributed by atoms with Crippen LogP contribution in [0.25, 0.3) is 0 Å². The second kappa shape index (κ2) is 8.87. The number of anilines is 1. The Morgan fingerprint density at radius 3 is 3.07 bits per heavy atom. The van der Waals surface area contributed by atoms with Crippen molar-refractivity contribution in [1.82, 2.24) is 15.6 Å². The van der Waals surface area contributed by atoms with E-state index in [2.05, 4.69) is 20.9 Å². The first-order valence-corrected chi connectivity index (χ1v) is 11.0. The minimum atomic E-state index is -0.506. The average Bonchev–Trinajstić information content (AvgIpc) is 3.12. The van der Waals surface area contributed by atoms with Crippen molar-refractivity contribution in [2.75, 3.05) is 18.5 Å². The molecular formula is C20H25ClN4O3S. The van der Waals surface area contributed by atoms with Crippen LogP contribution in [0.4, 0.5) is 5.69 Å². The average molecular weight is 437 g/mol. The van der Waals surface area contributed by atoms with E-state index in [0.29, 0.717) is 10.8 Å². The minimum absolute atomic E-state index is 0.0420. The number of fused-ring (bicyclic) bond motifs is 1. The molecule has 1 fully saturated rings. The number of piperidine rings is 1. The molecule has 7 nitrogen and oxygen atoms in total. The van der Waals surface area contributed by atoms with Gasteiger partial charge in [-0.1, -0.05) is 18.0 Å². The van der Waals surface area contributed by atoms with Gasteiger partial charge in [-0.05, 0) is 38.4 Å². The Bertz CT molecular complexity index is 885. The third-order valence-electron chi connectivity index (χ3n) is 5.36. The van der Waals surface area contributed by atoms with Crippen LogP contribution in [0.5, 0.6) is 5.75 Å². The predicted molar refractivity (Wildman–Crippen MR) is 114 cm³/mol. The molecule has 0 spiro atoms. The van der Waals surface area contributed by atoms with Gasteiger partial charge in [0.25, 0.3) is 0 Å². The van der Waals surface area contributed by atoms with E-state index in [1.54, 1.807) is 12.1 Å². The fraction of sp³-hybridized carbons (Fsp3) is 0.500. The number of hydrogen-bond donors (Lipinski definition) is 4. The number of nitrogens with zero attached hydrogens (tertiary/aromatic N) is 1. The summed E-state index contributed by atoms with van der Waals surface area (Å²) in [6.45, 7) is 2.99. The zero-order chi connectivity index (χ0) is 20.4. The van der Waals surface area contributed by atoms with Crippen LogP contribution in [0.3, 0.4) is 0 Å². The molecule has 1 amide bonds. The maximum absolute atomic E-state index is 13.1. The zero-order valence-corrected chi connectivity index (χ0v) is 17.8. The van der Waals surface area contributed by atoms with Crippen molar-refractivity contribution in [2.24, 2.45) is 0 Å². The largest absolute Gasteiger partial charge is 0.489 e. The van der Waals surface area contributed by atoms with E-state index >= 15 is 0 Å². The van der Waals surface area contributed by atoms with Crippen LogP contribution in [-0.4, -0.2) is 41.2 Å². The number of carbonyl (C=O) groups is 1. The summed E-state index contributed by atoms with van der Waals surface area (Å²) in [6, 6.07) is 4.67. The zero-order valence-electron chi connectivity index (χ0n) is 16.2. The molecule has 2 aliphatic rings. The molecule has 1 aromatic heterocycles. The number of hydrogen-bond acceptors (Lipinski definition) is 7. The molecule has 1 saturated heterocycles. The molecule has 4 N–H and O–H groups in total. The van der Waals surface area contributed by atoms with Crippen LogP contribution in [0.2, 0.25) is 5.02 Å². The number of carbonyl (C=O) groups excluding carboxylic acids is 1. The summed E-state index contributed by atoms with van der Waals surface area (Å²) in [6.07, 6.45) is 3.21. The third-order valence-corrected chi connectivity index (χ3v) is 6.82. The number of aliphatic hydroxyl groups excluding tert-OH is 1. The van der Waals surface area contributed by atoms with E-state index in [4.69, 9.17) is 16.3 Å². The van der Waals surface area contributed by atoms with Crippen LogP contribution < -0.4 is 20.7 Å². The van der Waals surface area contributed by atoms with Gasteiger partial charge in [0.1, 0.15) is 23.4 Å². The maximum atomic E-state index is 13.1. The highest BCUT2D eigenvalue weighted by Crippen LogP contribution is 2.33. The maximum Gasteiger partial charge on any atom is 0.246 e. The topological polar surface area (TPSA) is 95.5 Å². The highest BCUT2D eigenvalue weighted by atomic mass is 35.5. The summed E-state index contributed by atoms with van der Waals surface area (Å²) < 4.78 is 5.74. The molecule has 3 unspecified atom stereocenters. The van der Waals surface area contributed by atoms with Crippen molar-refractivity contribution in [1.29, 1.82) is 0 Å². The van der Waals surface area contributed by atoms with Crippen molar-refractivity contribution < 1.29 is 14.6 Å². The number of aryl methyl sites for hydroxylation is 1. The Hall–Kier alpha value is -1.87. The summed E-state index contributed by atoms with van der Waals surface area (Å²) in [5.74, 6) is 0.511. The van der Waals surface area contributed by atoms with Gasteiger partial charge in [0, 0.05) is 17.1 Å². The number of halogens is 1. The van der Waals surface area contributed by atoms with Gasteiger partial charge in [-0.2, -0.15) is 0 Å². The van der Waals surface area contributed by atoms with Gasteiger partial charge >= 0.3 is 0 Å². The molecule has 2 aromatic rings. The van der Waals surface area contributed by atoms with Gasteiger partial charge in [-0.25, -0.2) is 4.98 Å². The van der Waals surface area contributed by atoms with E-state index in [9.17, 15) is 9.90 Å². The third kappa shape index (κ3) is 4.50. The summed E-state index contributed by atoms with van der Waals surface area (Å²) in [7, 11) is 0. The first-order chi connectivity index (χ1) is 14.0. The van der Waals surface area contributed by atoms with E-state index in [1.165, 1.54) is 11.3 Å². The van der Waals surface area contributed by atoms with Crippen molar-refractivity contribution >= 4 is 34.5 Å². The summed E-state index contributed by atoms with van der Waals surface area (Å²) in [4.78, 5) is 18.6. The van der Waals surface area contributed by atoms with E-state index in [1.807, 2.05) is 13.0 Å². The van der Waals surface area contributed by atoms with E-state index in [0.717, 1.165) is 47.1 Å². The lowest BCUT2D eigenvalue weighted by Crippen LogP contribution is -2.51. The quantitative estimate of drug-likeness (QED) is 0.575. The van der Waals surface area contributed by atoms with Gasteiger partial charge in [0.05, 0.1) is 28.9 Å². The number of aromatic nitrogens is 1. The van der Waals surface area contributed by atoms with Crippen molar-refractivity contribution in [3.63, 3.8) is 0 Å². The van der Waals surface area contributed by atoms with Gasteiger partial charge in [-0.3, -0.25) is 4.79 Å². The lowest BCUT2D eigenvalue weighted by atomic mass is 9.97. The normalized spacial score (nSPS) is 22.2. The van der Waals surface area contributed by atoms with Crippen LogP contribution in [0, 0.1) is 6.92 Å². The summed E-state index contributed by atoms with van der Waals surface area (Å²) >= 11 is 7.47. The van der Waals surface area contributed by atoms with Gasteiger partial charge < -0.3 is 25.8 Å². The van der Waals surface area contributed by atoms with Crippen LogP contribution in [-0.2, 0) is 11.4 Å². The molecule has 2 aliphatic heterocycles. The molecule has 1 aromatic carbocycles. The lowest BCUT2D eigenvalue weighted by Gasteiger charge is -2.33. The highest BCUT2D eigenvalue weighted by molar-refractivity contribution is 7.11. The SMILES string of the molecule is Cc1nc(C(NC(=O)C2COc3cc(Cl)ccc3N2)C2CCCCN2)sc1CO. The molecule has 0 saturated carbocycles. The molecular weight excluding hydrogens is 412 g/mol. The second-order valence-corrected chi connectivity index (χ2v) is 8.96. The predicted octanol–water partition coefficient (Wildman–Crippen LogP) is 2.77. The fourth-order valence-corrected chi connectivity index (χ4v) is 4.97. The van der Waals surface area contributed by atoms with Crippen molar-refractivity contribution in [2.45, 2.75) is 50.9 Å². The number of thiazole rings is 1. The first kappa shape index (κ1) is 20.4. The number of rotatable bonds is 5. The molecule has 0 aliphatic carbocycles. The number of amides is 1. The van der Waals surface area contributed by atoms with E-state index in [-0.39, 0.29) is 31.2 Å². The van der Waals surface area contributed by atoms with Gasteiger partial charge in [0.15, 0.2) is 0 Å². The molecule has 29 heavy (non-hydrogen) atoms. The second-order valence-electron chi connectivity index (χ2n) is 7.41. The van der Waals surface area contributed by atoms with Crippen LogP contribution in [0.1, 0.15) is 40.9 Å². The highest BCUT2D eigenvalue weighted by Gasteiger charge is 2.33. The number of ether oxygens (including phenoxy) is 1. The summed E-state index contributed by atoms with van der Waals surface area (Å²) in [5.41, 5.74) is 1.56. The molecule has 3 heterocycles. The Morgan fingerprint density at radius 1 is 1.48 bits per heavy atom.